The highest BCUT2D eigenvalue weighted by molar-refractivity contribution is 6.07. The van der Waals surface area contributed by atoms with Crippen LogP contribution in [0.3, 0.4) is 0 Å². The van der Waals surface area contributed by atoms with Crippen molar-refractivity contribution in [1.82, 2.24) is 0 Å². The van der Waals surface area contributed by atoms with E-state index in [2.05, 4.69) is 0 Å². The van der Waals surface area contributed by atoms with Crippen molar-refractivity contribution in [3.8, 4) is 5.75 Å². The molecule has 26 heavy (non-hydrogen) atoms. The second kappa shape index (κ2) is 5.95. The predicted molar refractivity (Wildman–Crippen MR) is 97.5 cm³/mol. The van der Waals surface area contributed by atoms with Gasteiger partial charge in [0.1, 0.15) is 5.75 Å². The van der Waals surface area contributed by atoms with Crippen LogP contribution in [0.2, 0.25) is 0 Å². The summed E-state index contributed by atoms with van der Waals surface area (Å²) in [5, 5.41) is 11.2. The van der Waals surface area contributed by atoms with E-state index in [0.717, 1.165) is 12.0 Å². The lowest BCUT2D eigenvalue weighted by Gasteiger charge is -2.30. The molecule has 0 saturated heterocycles. The number of rotatable bonds is 3. The van der Waals surface area contributed by atoms with E-state index in [4.69, 9.17) is 4.74 Å². The molecular formula is C21H21NO4. The largest absolute Gasteiger partial charge is 0.497 e. The van der Waals surface area contributed by atoms with Crippen LogP contribution in [-0.4, -0.2) is 31.0 Å². The topological polar surface area (TPSA) is 66.8 Å². The molecule has 0 radical (unpaired) electrons. The van der Waals surface area contributed by atoms with Crippen molar-refractivity contribution in [3.05, 3.63) is 59.2 Å². The van der Waals surface area contributed by atoms with Gasteiger partial charge in [-0.25, -0.2) is 0 Å². The fraction of sp³-hybridized carbons (Fsp3) is 0.333. The van der Waals surface area contributed by atoms with E-state index in [1.54, 1.807) is 32.4 Å². The first-order chi connectivity index (χ1) is 12.5. The quantitative estimate of drug-likeness (QED) is 0.923. The van der Waals surface area contributed by atoms with Crippen molar-refractivity contribution >= 4 is 17.4 Å². The molecular weight excluding hydrogens is 330 g/mol. The smallest absolute Gasteiger partial charge is 0.263 e. The molecule has 1 N–H and O–H groups in total. The van der Waals surface area contributed by atoms with E-state index in [0.29, 0.717) is 29.0 Å². The molecule has 0 spiro atoms. The van der Waals surface area contributed by atoms with Crippen LogP contribution in [0.25, 0.3) is 0 Å². The second-order valence-corrected chi connectivity index (χ2v) is 7.07. The van der Waals surface area contributed by atoms with Crippen molar-refractivity contribution in [2.24, 2.45) is 5.92 Å². The summed E-state index contributed by atoms with van der Waals surface area (Å²) in [6, 6.07) is 12.7. The Morgan fingerprint density at radius 1 is 1.23 bits per heavy atom. The van der Waals surface area contributed by atoms with Crippen LogP contribution in [0, 0.1) is 5.92 Å². The first kappa shape index (κ1) is 16.8. The Hall–Kier alpha value is -2.66. The van der Waals surface area contributed by atoms with Crippen LogP contribution in [0.15, 0.2) is 42.5 Å². The first-order valence-corrected chi connectivity index (χ1v) is 8.77. The maximum atomic E-state index is 13.0. The molecule has 5 heteroatoms. The zero-order valence-corrected chi connectivity index (χ0v) is 14.9. The lowest BCUT2D eigenvalue weighted by Crippen LogP contribution is -2.42. The van der Waals surface area contributed by atoms with Gasteiger partial charge < -0.3 is 14.7 Å². The van der Waals surface area contributed by atoms with E-state index >= 15 is 0 Å². The number of nitrogens with zero attached hydrogens (tertiary/aromatic N) is 1. The van der Waals surface area contributed by atoms with Gasteiger partial charge >= 0.3 is 0 Å². The molecule has 134 valence electrons. The minimum atomic E-state index is -1.65. The molecule has 0 aromatic heterocycles. The highest BCUT2D eigenvalue weighted by atomic mass is 16.5. The van der Waals surface area contributed by atoms with Crippen LogP contribution in [0.4, 0.5) is 5.69 Å². The molecule has 0 saturated carbocycles. The van der Waals surface area contributed by atoms with Gasteiger partial charge in [-0.1, -0.05) is 24.3 Å². The maximum Gasteiger partial charge on any atom is 0.263 e. The van der Waals surface area contributed by atoms with E-state index < -0.39 is 11.5 Å². The standard InChI is InChI=1S/C21H21NO4/c1-22-18-6-4-3-5-17(18)21(25,20(22)24)12-14-8-7-13-9-10-15(26-2)11-16(13)19(14)23/h3-6,9-11,14,25H,7-8,12H2,1-2H3. The molecule has 2 aromatic rings. The van der Waals surface area contributed by atoms with Crippen molar-refractivity contribution in [1.29, 1.82) is 0 Å². The highest BCUT2D eigenvalue weighted by Crippen LogP contribution is 2.45. The van der Waals surface area contributed by atoms with Crippen LogP contribution < -0.4 is 9.64 Å². The minimum absolute atomic E-state index is 0.0293. The van der Waals surface area contributed by atoms with Gasteiger partial charge in [0.15, 0.2) is 11.4 Å². The Kier molecular flexibility index (Phi) is 3.84. The van der Waals surface area contributed by atoms with Gasteiger partial charge in [-0.3, -0.25) is 9.59 Å². The number of anilines is 1. The third-order valence-corrected chi connectivity index (χ3v) is 5.63. The lowest BCUT2D eigenvalue weighted by molar-refractivity contribution is -0.137. The Labute approximate surface area is 152 Å². The number of methoxy groups -OCH3 is 1. The summed E-state index contributed by atoms with van der Waals surface area (Å²) in [6.45, 7) is 0. The van der Waals surface area contributed by atoms with Gasteiger partial charge in [0.05, 0.1) is 12.8 Å². The molecule has 1 aliphatic heterocycles. The Balaban J connectivity index is 1.68. The molecule has 2 aliphatic rings. The van der Waals surface area contributed by atoms with Gasteiger partial charge in [-0.2, -0.15) is 0 Å². The summed E-state index contributed by atoms with van der Waals surface area (Å²) in [6.07, 6.45) is 1.47. The zero-order chi connectivity index (χ0) is 18.5. The number of ketones is 1. The molecule has 0 bridgehead atoms. The number of ether oxygens (including phenoxy) is 1. The van der Waals surface area contributed by atoms with Gasteiger partial charge in [0.2, 0.25) is 0 Å². The highest BCUT2D eigenvalue weighted by Gasteiger charge is 2.50. The van der Waals surface area contributed by atoms with Crippen molar-refractivity contribution in [3.63, 3.8) is 0 Å². The number of hydrogen-bond acceptors (Lipinski definition) is 4. The Morgan fingerprint density at radius 2 is 2.00 bits per heavy atom. The van der Waals surface area contributed by atoms with E-state index in [1.165, 1.54) is 4.90 Å². The number of para-hydroxylation sites is 1. The van der Waals surface area contributed by atoms with Crippen LogP contribution in [0.5, 0.6) is 5.75 Å². The van der Waals surface area contributed by atoms with Crippen LogP contribution >= 0.6 is 0 Å². The van der Waals surface area contributed by atoms with Crippen molar-refractivity contribution in [2.75, 3.05) is 19.1 Å². The average Bonchev–Trinajstić information content (AvgIpc) is 2.86. The number of amides is 1. The molecule has 0 fully saturated rings. The molecule has 2 atom stereocenters. The number of aliphatic hydroxyl groups is 1. The summed E-state index contributed by atoms with van der Waals surface area (Å²) in [4.78, 5) is 27.3. The van der Waals surface area contributed by atoms with Crippen molar-refractivity contribution in [2.45, 2.75) is 24.9 Å². The minimum Gasteiger partial charge on any atom is -0.497 e. The normalized spacial score (nSPS) is 24.4. The maximum absolute atomic E-state index is 13.0. The Morgan fingerprint density at radius 3 is 2.77 bits per heavy atom. The molecule has 5 nitrogen and oxygen atoms in total. The molecule has 2 unspecified atom stereocenters. The third-order valence-electron chi connectivity index (χ3n) is 5.63. The van der Waals surface area contributed by atoms with E-state index in [-0.39, 0.29) is 18.1 Å². The molecule has 2 aromatic carbocycles. The summed E-state index contributed by atoms with van der Waals surface area (Å²) >= 11 is 0. The van der Waals surface area contributed by atoms with E-state index in [9.17, 15) is 14.7 Å². The number of likely N-dealkylation sites (N-methyl/N-ethyl adjacent to an activating group) is 1. The summed E-state index contributed by atoms with van der Waals surface area (Å²) in [5.74, 6) is -0.164. The number of benzene rings is 2. The number of fused-ring (bicyclic) bond motifs is 2. The van der Waals surface area contributed by atoms with Crippen LogP contribution in [-0.2, 0) is 16.8 Å². The number of aryl methyl sites for hydroxylation is 1. The summed E-state index contributed by atoms with van der Waals surface area (Å²) in [5.41, 5.74) is 1.26. The zero-order valence-electron chi connectivity index (χ0n) is 14.9. The lowest BCUT2D eigenvalue weighted by atomic mass is 9.75. The monoisotopic (exact) mass is 351 g/mol. The molecule has 1 heterocycles. The van der Waals surface area contributed by atoms with Gasteiger partial charge in [0, 0.05) is 24.1 Å². The predicted octanol–water partition coefficient (Wildman–Crippen LogP) is 2.69. The average molecular weight is 351 g/mol. The molecule has 1 aliphatic carbocycles. The second-order valence-electron chi connectivity index (χ2n) is 7.07. The number of hydrogen-bond donors (Lipinski definition) is 1. The van der Waals surface area contributed by atoms with Gasteiger partial charge in [-0.15, -0.1) is 0 Å². The van der Waals surface area contributed by atoms with Crippen molar-refractivity contribution < 1.29 is 19.4 Å². The third kappa shape index (κ3) is 2.35. The summed E-state index contributed by atoms with van der Waals surface area (Å²) in [7, 11) is 3.22. The molecule has 1 amide bonds. The number of carbonyl (C=O) groups excluding carboxylic acids is 2. The SMILES string of the molecule is COc1ccc2c(c1)C(=O)C(CC1(O)C(=O)N(C)c3ccccc31)CC2. The Bertz CT molecular complexity index is 907. The summed E-state index contributed by atoms with van der Waals surface area (Å²) < 4.78 is 5.23. The number of Topliss-reactive ketones (excluding diaryl/α,β-unsaturated/α-hetero) is 1. The van der Waals surface area contributed by atoms with Gasteiger partial charge in [-0.05, 0) is 43.0 Å². The van der Waals surface area contributed by atoms with Crippen LogP contribution in [0.1, 0.15) is 34.3 Å². The van der Waals surface area contributed by atoms with E-state index in [1.807, 2.05) is 24.3 Å². The van der Waals surface area contributed by atoms with Gasteiger partial charge in [0.25, 0.3) is 5.91 Å². The first-order valence-electron chi connectivity index (χ1n) is 8.77. The fourth-order valence-electron chi connectivity index (χ4n) is 4.18. The fourth-order valence-corrected chi connectivity index (χ4v) is 4.18. The number of carbonyl (C=O) groups is 2. The molecule has 4 rings (SSSR count).